The summed E-state index contributed by atoms with van der Waals surface area (Å²) < 4.78 is 23.4. The van der Waals surface area contributed by atoms with Crippen molar-refractivity contribution in [1.29, 1.82) is 0 Å². The lowest BCUT2D eigenvalue weighted by Gasteiger charge is -2.09. The summed E-state index contributed by atoms with van der Waals surface area (Å²) in [6.45, 7) is -0.577. The smallest absolute Gasteiger partial charge is 0.157 e. The molecule has 0 aliphatic heterocycles. The van der Waals surface area contributed by atoms with Crippen molar-refractivity contribution in [1.82, 2.24) is 0 Å². The Morgan fingerprint density at radius 2 is 2.11 bits per heavy atom. The molecule has 1 rings (SSSR count). The van der Waals surface area contributed by atoms with Gasteiger partial charge in [-0.05, 0) is 11.6 Å². The second-order valence-corrected chi connectivity index (χ2v) is 6.50. The molecule has 0 aromatic heterocycles. The molecule has 7 heteroatoms. The summed E-state index contributed by atoms with van der Waals surface area (Å²) >= 11 is 4.81. The molecule has 0 amide bonds. The summed E-state index contributed by atoms with van der Waals surface area (Å²) in [5, 5.41) is 17.8. The monoisotopic (exact) mass is 289 g/mol. The first kappa shape index (κ1) is 15.0. The van der Waals surface area contributed by atoms with E-state index in [1.54, 1.807) is 24.3 Å². The lowest BCUT2D eigenvalue weighted by atomic mass is 10.1. The molecule has 1 unspecified atom stereocenters. The summed E-state index contributed by atoms with van der Waals surface area (Å²) in [7, 11) is -3.48. The van der Waals surface area contributed by atoms with Crippen LogP contribution in [-0.2, 0) is 15.6 Å². The van der Waals surface area contributed by atoms with Gasteiger partial charge in [-0.3, -0.25) is 0 Å². The van der Waals surface area contributed by atoms with Crippen LogP contribution in [0, 0.1) is 0 Å². The Balaban J connectivity index is 2.84. The van der Waals surface area contributed by atoms with Crippen LogP contribution in [0.15, 0.2) is 24.3 Å². The summed E-state index contributed by atoms with van der Waals surface area (Å²) in [6, 6.07) is 6.61. The minimum absolute atomic E-state index is 0.199. The summed E-state index contributed by atoms with van der Waals surface area (Å²) in [5.41, 5.74) is 6.60. The fourth-order valence-electron chi connectivity index (χ4n) is 1.47. The molecule has 0 saturated carbocycles. The molecular formula is C11H15NO4S2. The highest BCUT2D eigenvalue weighted by Gasteiger charge is 2.17. The van der Waals surface area contributed by atoms with Crippen molar-refractivity contribution in [2.24, 2.45) is 5.73 Å². The van der Waals surface area contributed by atoms with E-state index >= 15 is 0 Å². The van der Waals surface area contributed by atoms with Gasteiger partial charge in [0.15, 0.2) is 9.84 Å². The summed E-state index contributed by atoms with van der Waals surface area (Å²) in [4.78, 5) is 0.199. The maximum absolute atomic E-state index is 11.7. The van der Waals surface area contributed by atoms with Gasteiger partial charge in [0.1, 0.15) is 4.99 Å². The zero-order chi connectivity index (χ0) is 13.8. The van der Waals surface area contributed by atoms with Gasteiger partial charge in [0.05, 0.1) is 24.2 Å². The van der Waals surface area contributed by atoms with E-state index in [1.165, 1.54) is 0 Å². The minimum atomic E-state index is -3.48. The van der Waals surface area contributed by atoms with Crippen LogP contribution in [0.2, 0.25) is 0 Å². The van der Waals surface area contributed by atoms with Crippen LogP contribution in [0.25, 0.3) is 0 Å². The zero-order valence-corrected chi connectivity index (χ0v) is 11.2. The number of hydrogen-bond acceptors (Lipinski definition) is 5. The van der Waals surface area contributed by atoms with Gasteiger partial charge in [0, 0.05) is 5.56 Å². The molecule has 0 spiro atoms. The van der Waals surface area contributed by atoms with Crippen molar-refractivity contribution < 1.29 is 18.6 Å². The van der Waals surface area contributed by atoms with E-state index in [4.69, 9.17) is 28.2 Å². The second-order valence-electron chi connectivity index (χ2n) is 3.96. The quantitative estimate of drug-likeness (QED) is 0.616. The molecule has 1 aromatic rings. The molecule has 4 N–H and O–H groups in total. The van der Waals surface area contributed by atoms with Gasteiger partial charge in [-0.15, -0.1) is 0 Å². The van der Waals surface area contributed by atoms with Crippen LogP contribution in [0.3, 0.4) is 0 Å². The van der Waals surface area contributed by atoms with Crippen LogP contribution < -0.4 is 5.73 Å². The van der Waals surface area contributed by atoms with Crippen molar-refractivity contribution in [2.45, 2.75) is 11.9 Å². The first-order valence-electron chi connectivity index (χ1n) is 5.22. The SMILES string of the molecule is NC(=S)c1cccc(CS(=O)(=O)CC(O)CO)c1. The molecule has 1 atom stereocenters. The predicted molar refractivity (Wildman–Crippen MR) is 72.9 cm³/mol. The number of nitrogens with two attached hydrogens (primary N) is 1. The lowest BCUT2D eigenvalue weighted by molar-refractivity contribution is 0.112. The Labute approximate surface area is 111 Å². The average molecular weight is 289 g/mol. The van der Waals surface area contributed by atoms with E-state index in [1.807, 2.05) is 0 Å². The molecular weight excluding hydrogens is 274 g/mol. The maximum atomic E-state index is 11.7. The first-order valence-corrected chi connectivity index (χ1v) is 7.45. The number of hydrogen-bond donors (Lipinski definition) is 3. The first-order chi connectivity index (χ1) is 8.34. The standard InChI is InChI=1S/C11H15NO4S2/c12-11(17)9-3-1-2-8(4-9)6-18(15,16)7-10(14)5-13/h1-4,10,13-14H,5-7H2,(H2,12,17). The Morgan fingerprint density at radius 3 is 2.67 bits per heavy atom. The van der Waals surface area contributed by atoms with E-state index < -0.39 is 28.3 Å². The average Bonchev–Trinajstić information content (AvgIpc) is 2.27. The van der Waals surface area contributed by atoms with Crippen LogP contribution in [-0.4, -0.2) is 42.1 Å². The van der Waals surface area contributed by atoms with Crippen LogP contribution in [0.4, 0.5) is 0 Å². The van der Waals surface area contributed by atoms with Gasteiger partial charge in [-0.2, -0.15) is 0 Å². The zero-order valence-electron chi connectivity index (χ0n) is 9.61. The Bertz CT molecular complexity index is 528. The van der Waals surface area contributed by atoms with Gasteiger partial charge < -0.3 is 15.9 Å². The molecule has 0 fully saturated rings. The van der Waals surface area contributed by atoms with Crippen molar-refractivity contribution in [3.63, 3.8) is 0 Å². The number of benzene rings is 1. The molecule has 0 aliphatic rings. The van der Waals surface area contributed by atoms with E-state index in [0.717, 1.165) is 0 Å². The maximum Gasteiger partial charge on any atom is 0.157 e. The molecule has 0 heterocycles. The topological polar surface area (TPSA) is 101 Å². The third kappa shape index (κ3) is 4.69. The van der Waals surface area contributed by atoms with Crippen molar-refractivity contribution in [3.8, 4) is 0 Å². The number of aliphatic hydroxyl groups is 2. The molecule has 100 valence electrons. The molecule has 18 heavy (non-hydrogen) atoms. The Morgan fingerprint density at radius 1 is 1.44 bits per heavy atom. The van der Waals surface area contributed by atoms with E-state index in [9.17, 15) is 8.42 Å². The van der Waals surface area contributed by atoms with Crippen molar-refractivity contribution >= 4 is 27.0 Å². The van der Waals surface area contributed by atoms with E-state index in [-0.39, 0.29) is 10.7 Å². The largest absolute Gasteiger partial charge is 0.394 e. The fraction of sp³-hybridized carbons (Fsp3) is 0.364. The third-order valence-electron chi connectivity index (χ3n) is 2.26. The highest BCUT2D eigenvalue weighted by atomic mass is 32.2. The Hall–Kier alpha value is -1.02. The van der Waals surface area contributed by atoms with Crippen LogP contribution in [0.5, 0.6) is 0 Å². The van der Waals surface area contributed by atoms with Crippen LogP contribution >= 0.6 is 12.2 Å². The van der Waals surface area contributed by atoms with Gasteiger partial charge in [-0.1, -0.05) is 30.4 Å². The lowest BCUT2D eigenvalue weighted by Crippen LogP contribution is -2.25. The fourth-order valence-corrected chi connectivity index (χ4v) is 3.10. The minimum Gasteiger partial charge on any atom is -0.394 e. The molecule has 0 radical (unpaired) electrons. The number of rotatable bonds is 6. The molecule has 0 aliphatic carbocycles. The van der Waals surface area contributed by atoms with E-state index in [2.05, 4.69) is 0 Å². The second kappa shape index (κ2) is 6.24. The van der Waals surface area contributed by atoms with Gasteiger partial charge in [0.25, 0.3) is 0 Å². The van der Waals surface area contributed by atoms with Gasteiger partial charge >= 0.3 is 0 Å². The number of aliphatic hydroxyl groups excluding tert-OH is 2. The number of sulfone groups is 1. The molecule has 1 aromatic carbocycles. The highest BCUT2D eigenvalue weighted by molar-refractivity contribution is 7.90. The molecule has 0 saturated heterocycles. The number of thiocarbonyl (C=S) groups is 1. The third-order valence-corrected chi connectivity index (χ3v) is 4.16. The summed E-state index contributed by atoms with van der Waals surface area (Å²) in [5.74, 6) is -0.693. The van der Waals surface area contributed by atoms with Gasteiger partial charge in [0.2, 0.25) is 0 Å². The normalized spacial score (nSPS) is 13.2. The predicted octanol–water partition coefficient (Wildman–Crippen LogP) is -0.411. The molecule has 5 nitrogen and oxygen atoms in total. The van der Waals surface area contributed by atoms with Crippen LogP contribution in [0.1, 0.15) is 11.1 Å². The van der Waals surface area contributed by atoms with Gasteiger partial charge in [-0.25, -0.2) is 8.42 Å². The van der Waals surface area contributed by atoms with Crippen molar-refractivity contribution in [3.05, 3.63) is 35.4 Å². The van der Waals surface area contributed by atoms with E-state index in [0.29, 0.717) is 11.1 Å². The molecule has 0 bridgehead atoms. The van der Waals surface area contributed by atoms with Crippen molar-refractivity contribution in [2.75, 3.05) is 12.4 Å². The summed E-state index contributed by atoms with van der Waals surface area (Å²) in [6.07, 6.45) is -1.26. The Kier molecular flexibility index (Phi) is 5.21. The highest BCUT2D eigenvalue weighted by Crippen LogP contribution is 2.10.